The topological polar surface area (TPSA) is 61.9 Å². The van der Waals surface area contributed by atoms with Crippen molar-refractivity contribution >= 4 is 5.91 Å². The first kappa shape index (κ1) is 14.7. The minimum atomic E-state index is -0.142. The van der Waals surface area contributed by atoms with Crippen LogP contribution in [-0.4, -0.2) is 39.6 Å². The number of amides is 1. The van der Waals surface area contributed by atoms with Gasteiger partial charge in [0.1, 0.15) is 5.82 Å². The second-order valence-electron chi connectivity index (χ2n) is 6.98. The summed E-state index contributed by atoms with van der Waals surface area (Å²) < 4.78 is 0. The predicted octanol–water partition coefficient (Wildman–Crippen LogP) is 2.22. The molecule has 1 N–H and O–H groups in total. The van der Waals surface area contributed by atoms with Gasteiger partial charge in [-0.05, 0) is 5.41 Å². The minimum Gasteiger partial charge on any atom is -0.338 e. The summed E-state index contributed by atoms with van der Waals surface area (Å²) in [6.07, 6.45) is 0. The van der Waals surface area contributed by atoms with Gasteiger partial charge in [0.25, 0.3) is 5.91 Å². The van der Waals surface area contributed by atoms with Crippen molar-refractivity contribution in [2.75, 3.05) is 13.6 Å². The molecule has 18 heavy (non-hydrogen) atoms. The zero-order valence-electron chi connectivity index (χ0n) is 12.5. The number of aromatic nitrogens is 3. The molecule has 0 fully saturated rings. The molecule has 0 spiro atoms. The summed E-state index contributed by atoms with van der Waals surface area (Å²) >= 11 is 0. The molecule has 0 radical (unpaired) electrons. The number of carbonyl (C=O) groups is 1. The first-order valence-corrected chi connectivity index (χ1v) is 6.19. The standard InChI is InChI=1S/C13H24N4O/c1-12(2,3)8-17(7)10(18)9-14-11(16-15-9)13(4,5)6/h8H2,1-7H3,(H,14,15,16). The van der Waals surface area contributed by atoms with Crippen molar-refractivity contribution in [3.05, 3.63) is 11.6 Å². The van der Waals surface area contributed by atoms with Gasteiger partial charge in [0.15, 0.2) is 0 Å². The zero-order chi connectivity index (χ0) is 14.1. The van der Waals surface area contributed by atoms with Crippen molar-refractivity contribution in [1.29, 1.82) is 0 Å². The van der Waals surface area contributed by atoms with E-state index >= 15 is 0 Å². The van der Waals surface area contributed by atoms with Crippen LogP contribution in [0.2, 0.25) is 0 Å². The smallest absolute Gasteiger partial charge is 0.293 e. The largest absolute Gasteiger partial charge is 0.338 e. The Morgan fingerprint density at radius 2 is 1.78 bits per heavy atom. The molecule has 0 saturated heterocycles. The van der Waals surface area contributed by atoms with E-state index in [1.165, 1.54) is 0 Å². The highest BCUT2D eigenvalue weighted by molar-refractivity contribution is 5.90. The highest BCUT2D eigenvalue weighted by Gasteiger charge is 2.24. The quantitative estimate of drug-likeness (QED) is 0.878. The molecular weight excluding hydrogens is 228 g/mol. The molecular formula is C13H24N4O. The van der Waals surface area contributed by atoms with Crippen LogP contribution in [0.1, 0.15) is 58.0 Å². The van der Waals surface area contributed by atoms with E-state index < -0.39 is 0 Å². The molecule has 1 amide bonds. The molecule has 1 aromatic heterocycles. The van der Waals surface area contributed by atoms with Crippen LogP contribution >= 0.6 is 0 Å². The van der Waals surface area contributed by atoms with E-state index in [1.807, 2.05) is 20.8 Å². The van der Waals surface area contributed by atoms with Gasteiger partial charge < -0.3 is 4.90 Å². The van der Waals surface area contributed by atoms with Crippen molar-refractivity contribution in [2.45, 2.75) is 47.0 Å². The summed E-state index contributed by atoms with van der Waals surface area (Å²) in [5, 5.41) is 6.84. The lowest BCUT2D eigenvalue weighted by Crippen LogP contribution is -2.35. The molecule has 1 aromatic rings. The van der Waals surface area contributed by atoms with Crippen LogP contribution in [0.15, 0.2) is 0 Å². The van der Waals surface area contributed by atoms with Crippen LogP contribution in [0.3, 0.4) is 0 Å². The highest BCUT2D eigenvalue weighted by Crippen LogP contribution is 2.18. The first-order valence-electron chi connectivity index (χ1n) is 6.19. The Hall–Kier alpha value is -1.39. The van der Waals surface area contributed by atoms with Gasteiger partial charge in [0.05, 0.1) is 0 Å². The average Bonchev–Trinajstić information content (AvgIpc) is 2.61. The molecule has 0 atom stereocenters. The number of rotatable bonds is 2. The van der Waals surface area contributed by atoms with Gasteiger partial charge in [-0.25, -0.2) is 4.98 Å². The van der Waals surface area contributed by atoms with Crippen LogP contribution in [0.25, 0.3) is 0 Å². The summed E-state index contributed by atoms with van der Waals surface area (Å²) in [5.41, 5.74) is -0.0678. The Balaban J connectivity index is 2.82. The average molecular weight is 252 g/mol. The molecule has 1 heterocycles. The summed E-state index contributed by atoms with van der Waals surface area (Å²) in [5.74, 6) is 0.832. The van der Waals surface area contributed by atoms with Gasteiger partial charge >= 0.3 is 0 Å². The molecule has 5 heteroatoms. The number of H-pyrrole nitrogens is 1. The Kier molecular flexibility index (Phi) is 3.84. The summed E-state index contributed by atoms with van der Waals surface area (Å²) in [6.45, 7) is 13.0. The number of nitrogens with zero attached hydrogens (tertiary/aromatic N) is 3. The van der Waals surface area contributed by atoms with E-state index in [4.69, 9.17) is 0 Å². The van der Waals surface area contributed by atoms with Crippen LogP contribution < -0.4 is 0 Å². The Morgan fingerprint density at radius 3 is 2.17 bits per heavy atom. The Morgan fingerprint density at radius 1 is 1.22 bits per heavy atom. The highest BCUT2D eigenvalue weighted by atomic mass is 16.2. The van der Waals surface area contributed by atoms with E-state index in [9.17, 15) is 4.79 Å². The van der Waals surface area contributed by atoms with Crippen molar-refractivity contribution < 1.29 is 4.79 Å². The summed E-state index contributed by atoms with van der Waals surface area (Å²) in [4.78, 5) is 18.1. The lowest BCUT2D eigenvalue weighted by atomic mass is 9.96. The molecule has 5 nitrogen and oxygen atoms in total. The molecule has 0 unspecified atom stereocenters. The molecule has 0 aliphatic rings. The maximum atomic E-state index is 12.1. The molecule has 0 aromatic carbocycles. The van der Waals surface area contributed by atoms with Crippen molar-refractivity contribution in [1.82, 2.24) is 20.1 Å². The second-order valence-corrected chi connectivity index (χ2v) is 6.98. The van der Waals surface area contributed by atoms with Crippen LogP contribution in [0.4, 0.5) is 0 Å². The van der Waals surface area contributed by atoms with Crippen molar-refractivity contribution in [3.63, 3.8) is 0 Å². The van der Waals surface area contributed by atoms with E-state index in [2.05, 4.69) is 36.0 Å². The fourth-order valence-corrected chi connectivity index (χ4v) is 1.65. The lowest BCUT2D eigenvalue weighted by molar-refractivity contribution is 0.0734. The SMILES string of the molecule is CN(CC(C)(C)C)C(=O)c1n[nH]c(C(C)(C)C)n1. The fraction of sp³-hybridized carbons (Fsp3) is 0.769. The van der Waals surface area contributed by atoms with Gasteiger partial charge in [-0.1, -0.05) is 41.5 Å². The maximum Gasteiger partial charge on any atom is 0.293 e. The molecule has 0 saturated carbocycles. The number of hydrogen-bond donors (Lipinski definition) is 1. The Bertz CT molecular complexity index is 423. The van der Waals surface area contributed by atoms with Crippen LogP contribution in [0, 0.1) is 5.41 Å². The normalized spacial score (nSPS) is 12.6. The first-order chi connectivity index (χ1) is 8.00. The molecule has 0 aliphatic carbocycles. The molecule has 102 valence electrons. The minimum absolute atomic E-state index is 0.0631. The van der Waals surface area contributed by atoms with Crippen LogP contribution in [0.5, 0.6) is 0 Å². The van der Waals surface area contributed by atoms with Gasteiger partial charge in [-0.2, -0.15) is 0 Å². The van der Waals surface area contributed by atoms with E-state index in [0.717, 1.165) is 5.82 Å². The monoisotopic (exact) mass is 252 g/mol. The predicted molar refractivity (Wildman–Crippen MR) is 71.5 cm³/mol. The lowest BCUT2D eigenvalue weighted by Gasteiger charge is -2.25. The fourth-order valence-electron chi connectivity index (χ4n) is 1.65. The van der Waals surface area contributed by atoms with Crippen molar-refractivity contribution in [3.8, 4) is 0 Å². The van der Waals surface area contributed by atoms with Gasteiger partial charge in [0.2, 0.25) is 5.82 Å². The van der Waals surface area contributed by atoms with Crippen LogP contribution in [-0.2, 0) is 5.41 Å². The van der Waals surface area contributed by atoms with E-state index in [0.29, 0.717) is 6.54 Å². The third-order valence-electron chi connectivity index (χ3n) is 2.45. The number of hydrogen-bond acceptors (Lipinski definition) is 3. The second kappa shape index (κ2) is 4.71. The Labute approximate surface area is 109 Å². The number of nitrogens with one attached hydrogen (secondary N) is 1. The number of aromatic amines is 1. The molecule has 0 aliphatic heterocycles. The maximum absolute atomic E-state index is 12.1. The zero-order valence-corrected chi connectivity index (χ0v) is 12.5. The summed E-state index contributed by atoms with van der Waals surface area (Å²) in [7, 11) is 1.78. The molecule has 0 bridgehead atoms. The van der Waals surface area contributed by atoms with Gasteiger partial charge in [0, 0.05) is 19.0 Å². The third-order valence-corrected chi connectivity index (χ3v) is 2.45. The van der Waals surface area contributed by atoms with Crippen molar-refractivity contribution in [2.24, 2.45) is 5.41 Å². The third kappa shape index (κ3) is 3.82. The van der Waals surface area contributed by atoms with E-state index in [-0.39, 0.29) is 22.6 Å². The summed E-state index contributed by atoms with van der Waals surface area (Å²) in [6, 6.07) is 0. The number of carbonyl (C=O) groups excluding carboxylic acids is 1. The molecule has 1 rings (SSSR count). The van der Waals surface area contributed by atoms with Gasteiger partial charge in [-0.3, -0.25) is 9.89 Å². The van der Waals surface area contributed by atoms with E-state index in [1.54, 1.807) is 11.9 Å². The van der Waals surface area contributed by atoms with Gasteiger partial charge in [-0.15, -0.1) is 5.10 Å².